The number of benzene rings is 1. The zero-order valence-electron chi connectivity index (χ0n) is 12.1. The van der Waals surface area contributed by atoms with E-state index in [-0.39, 0.29) is 0 Å². The molecule has 0 aliphatic rings. The third kappa shape index (κ3) is 4.69. The van der Waals surface area contributed by atoms with Gasteiger partial charge in [-0.1, -0.05) is 39.3 Å². The summed E-state index contributed by atoms with van der Waals surface area (Å²) in [5.74, 6) is 1.35. The fourth-order valence-corrected chi connectivity index (χ4v) is 2.16. The molecule has 0 radical (unpaired) electrons. The Morgan fingerprint density at radius 1 is 1.22 bits per heavy atom. The van der Waals surface area contributed by atoms with E-state index in [1.807, 2.05) is 31.2 Å². The highest BCUT2D eigenvalue weighted by atomic mass is 16.5. The maximum absolute atomic E-state index is 10.4. The smallest absolute Gasteiger partial charge is 0.119 e. The van der Waals surface area contributed by atoms with Crippen molar-refractivity contribution in [3.05, 3.63) is 29.8 Å². The molecule has 0 fully saturated rings. The van der Waals surface area contributed by atoms with Gasteiger partial charge < -0.3 is 9.84 Å². The summed E-state index contributed by atoms with van der Waals surface area (Å²) in [5, 5.41) is 10.4. The topological polar surface area (TPSA) is 29.5 Å². The van der Waals surface area contributed by atoms with Crippen LogP contribution in [0.4, 0.5) is 0 Å². The highest BCUT2D eigenvalue weighted by Gasteiger charge is 2.23. The van der Waals surface area contributed by atoms with Crippen LogP contribution in [-0.4, -0.2) is 11.7 Å². The Morgan fingerprint density at radius 2 is 1.83 bits per heavy atom. The first-order chi connectivity index (χ1) is 8.45. The quantitative estimate of drug-likeness (QED) is 0.738. The SMILES string of the molecule is CCCCOc1ccc(C(C)(O)CC(C)C)cc1. The Kier molecular flexibility index (Phi) is 5.67. The Labute approximate surface area is 111 Å². The predicted molar refractivity (Wildman–Crippen MR) is 75.9 cm³/mol. The van der Waals surface area contributed by atoms with E-state index >= 15 is 0 Å². The van der Waals surface area contributed by atoms with E-state index in [1.54, 1.807) is 0 Å². The van der Waals surface area contributed by atoms with Crippen LogP contribution in [0.2, 0.25) is 0 Å². The average Bonchev–Trinajstić information content (AvgIpc) is 2.28. The Bertz CT molecular complexity index is 339. The molecule has 0 spiro atoms. The molecule has 0 saturated carbocycles. The average molecular weight is 250 g/mol. The standard InChI is InChI=1S/C16H26O2/c1-5-6-11-18-15-9-7-14(8-10-15)16(4,17)12-13(2)3/h7-10,13,17H,5-6,11-12H2,1-4H3. The number of unbranched alkanes of at least 4 members (excludes halogenated alkanes) is 1. The lowest BCUT2D eigenvalue weighted by Crippen LogP contribution is -2.23. The number of hydrogen-bond donors (Lipinski definition) is 1. The normalized spacial score (nSPS) is 14.6. The van der Waals surface area contributed by atoms with Crippen LogP contribution in [0.15, 0.2) is 24.3 Å². The van der Waals surface area contributed by atoms with E-state index in [1.165, 1.54) is 0 Å². The fourth-order valence-electron chi connectivity index (χ4n) is 2.16. The van der Waals surface area contributed by atoms with Crippen molar-refractivity contribution >= 4 is 0 Å². The monoisotopic (exact) mass is 250 g/mol. The molecule has 0 aliphatic heterocycles. The van der Waals surface area contributed by atoms with Crippen LogP contribution in [-0.2, 0) is 5.60 Å². The summed E-state index contributed by atoms with van der Waals surface area (Å²) in [6, 6.07) is 7.81. The molecule has 1 rings (SSSR count). The van der Waals surface area contributed by atoms with Gasteiger partial charge >= 0.3 is 0 Å². The number of ether oxygens (including phenoxy) is 1. The minimum absolute atomic E-state index is 0.473. The first-order valence-corrected chi connectivity index (χ1v) is 6.91. The van der Waals surface area contributed by atoms with Gasteiger partial charge in [-0.2, -0.15) is 0 Å². The van der Waals surface area contributed by atoms with Gasteiger partial charge in [0.05, 0.1) is 12.2 Å². The molecule has 2 heteroatoms. The second-order valence-electron chi connectivity index (χ2n) is 5.60. The summed E-state index contributed by atoms with van der Waals surface area (Å²) >= 11 is 0. The predicted octanol–water partition coefficient (Wildman–Crippen LogP) is 4.12. The van der Waals surface area contributed by atoms with E-state index in [2.05, 4.69) is 20.8 Å². The minimum Gasteiger partial charge on any atom is -0.494 e. The van der Waals surface area contributed by atoms with Crippen molar-refractivity contribution in [2.45, 2.75) is 52.6 Å². The van der Waals surface area contributed by atoms with Crippen LogP contribution in [0.5, 0.6) is 5.75 Å². The van der Waals surface area contributed by atoms with Crippen LogP contribution in [0.3, 0.4) is 0 Å². The van der Waals surface area contributed by atoms with Crippen molar-refractivity contribution in [1.29, 1.82) is 0 Å². The van der Waals surface area contributed by atoms with Crippen molar-refractivity contribution < 1.29 is 9.84 Å². The molecule has 102 valence electrons. The maximum atomic E-state index is 10.4. The molecule has 0 heterocycles. The van der Waals surface area contributed by atoms with Crippen LogP contribution in [0, 0.1) is 5.92 Å². The molecule has 1 aromatic carbocycles. The molecule has 1 unspecified atom stereocenters. The van der Waals surface area contributed by atoms with Crippen molar-refractivity contribution in [2.75, 3.05) is 6.61 Å². The summed E-state index contributed by atoms with van der Waals surface area (Å²) in [6.07, 6.45) is 2.98. The van der Waals surface area contributed by atoms with Crippen LogP contribution >= 0.6 is 0 Å². The van der Waals surface area contributed by atoms with Crippen molar-refractivity contribution in [3.63, 3.8) is 0 Å². The van der Waals surface area contributed by atoms with Gasteiger partial charge in [0, 0.05) is 0 Å². The molecule has 0 saturated heterocycles. The van der Waals surface area contributed by atoms with Gasteiger partial charge in [-0.05, 0) is 43.4 Å². The number of aliphatic hydroxyl groups is 1. The fraction of sp³-hybridized carbons (Fsp3) is 0.625. The Morgan fingerprint density at radius 3 is 2.33 bits per heavy atom. The summed E-state index contributed by atoms with van der Waals surface area (Å²) in [4.78, 5) is 0. The molecule has 0 aromatic heterocycles. The second kappa shape index (κ2) is 6.79. The first-order valence-electron chi connectivity index (χ1n) is 6.91. The molecule has 2 nitrogen and oxygen atoms in total. The van der Waals surface area contributed by atoms with Crippen molar-refractivity contribution in [3.8, 4) is 5.75 Å². The summed E-state index contributed by atoms with van der Waals surface area (Å²) in [7, 11) is 0. The van der Waals surface area contributed by atoms with Gasteiger partial charge in [-0.3, -0.25) is 0 Å². The van der Waals surface area contributed by atoms with E-state index in [9.17, 15) is 5.11 Å². The van der Waals surface area contributed by atoms with Gasteiger partial charge in [0.25, 0.3) is 0 Å². The highest BCUT2D eigenvalue weighted by Crippen LogP contribution is 2.29. The molecule has 1 aromatic rings. The van der Waals surface area contributed by atoms with Crippen LogP contribution < -0.4 is 4.74 Å². The molecular formula is C16H26O2. The zero-order valence-corrected chi connectivity index (χ0v) is 12.1. The summed E-state index contributed by atoms with van der Waals surface area (Å²) < 4.78 is 5.61. The van der Waals surface area contributed by atoms with Crippen LogP contribution in [0.1, 0.15) is 52.5 Å². The van der Waals surface area contributed by atoms with Crippen molar-refractivity contribution in [1.82, 2.24) is 0 Å². The molecular weight excluding hydrogens is 224 g/mol. The Balaban J connectivity index is 2.64. The van der Waals surface area contributed by atoms with Gasteiger partial charge in [-0.25, -0.2) is 0 Å². The van der Waals surface area contributed by atoms with Crippen molar-refractivity contribution in [2.24, 2.45) is 5.92 Å². The van der Waals surface area contributed by atoms with E-state index < -0.39 is 5.60 Å². The van der Waals surface area contributed by atoms with Gasteiger partial charge in [0.15, 0.2) is 0 Å². The molecule has 0 bridgehead atoms. The molecule has 1 N–H and O–H groups in total. The van der Waals surface area contributed by atoms with Gasteiger partial charge in [0.2, 0.25) is 0 Å². The molecule has 1 atom stereocenters. The second-order valence-corrected chi connectivity index (χ2v) is 5.60. The largest absolute Gasteiger partial charge is 0.494 e. The molecule has 0 amide bonds. The van der Waals surface area contributed by atoms with Gasteiger partial charge in [-0.15, -0.1) is 0 Å². The first kappa shape index (κ1) is 15.0. The van der Waals surface area contributed by atoms with E-state index in [0.717, 1.165) is 37.2 Å². The summed E-state index contributed by atoms with van der Waals surface area (Å²) in [6.45, 7) is 9.03. The third-order valence-electron chi connectivity index (χ3n) is 3.05. The number of hydrogen-bond acceptors (Lipinski definition) is 2. The lowest BCUT2D eigenvalue weighted by Gasteiger charge is -2.26. The zero-order chi connectivity index (χ0) is 13.6. The Hall–Kier alpha value is -1.02. The molecule has 0 aliphatic carbocycles. The molecule has 18 heavy (non-hydrogen) atoms. The van der Waals surface area contributed by atoms with Crippen LogP contribution in [0.25, 0.3) is 0 Å². The lowest BCUT2D eigenvalue weighted by molar-refractivity contribution is 0.0348. The number of rotatable bonds is 7. The van der Waals surface area contributed by atoms with E-state index in [4.69, 9.17) is 4.74 Å². The highest BCUT2D eigenvalue weighted by molar-refractivity contribution is 5.30. The summed E-state index contributed by atoms with van der Waals surface area (Å²) in [5.41, 5.74) is 0.204. The minimum atomic E-state index is -0.754. The van der Waals surface area contributed by atoms with E-state index in [0.29, 0.717) is 5.92 Å². The maximum Gasteiger partial charge on any atom is 0.119 e. The van der Waals surface area contributed by atoms with Gasteiger partial charge in [0.1, 0.15) is 5.75 Å². The third-order valence-corrected chi connectivity index (χ3v) is 3.05. The lowest BCUT2D eigenvalue weighted by atomic mass is 9.87.